The first-order valence-electron chi connectivity index (χ1n) is 7.78. The fraction of sp³-hybridized carbons (Fsp3) is 0.316. The molecule has 120 valence electrons. The van der Waals surface area contributed by atoms with Crippen LogP contribution in [-0.4, -0.2) is 31.7 Å². The van der Waals surface area contributed by atoms with Gasteiger partial charge in [-0.15, -0.1) is 0 Å². The van der Waals surface area contributed by atoms with Crippen LogP contribution < -0.4 is 10.2 Å². The van der Waals surface area contributed by atoms with E-state index in [0.717, 1.165) is 22.4 Å². The molecule has 0 spiro atoms. The van der Waals surface area contributed by atoms with Crippen molar-refractivity contribution < 1.29 is 9.90 Å². The number of hydrogen-bond acceptors (Lipinski definition) is 3. The van der Waals surface area contributed by atoms with E-state index in [4.69, 9.17) is 0 Å². The molecule has 1 fully saturated rings. The van der Waals surface area contributed by atoms with Gasteiger partial charge in [-0.3, -0.25) is 4.79 Å². The predicted molar refractivity (Wildman–Crippen MR) is 92.3 cm³/mol. The summed E-state index contributed by atoms with van der Waals surface area (Å²) in [4.78, 5) is 13.8. The van der Waals surface area contributed by atoms with E-state index in [2.05, 4.69) is 17.4 Å². The largest absolute Gasteiger partial charge is 0.385 e. The Morgan fingerprint density at radius 2 is 1.78 bits per heavy atom. The second-order valence-electron chi connectivity index (χ2n) is 6.43. The van der Waals surface area contributed by atoms with Gasteiger partial charge in [0.05, 0.1) is 5.92 Å². The van der Waals surface area contributed by atoms with Crippen molar-refractivity contribution in [2.75, 3.05) is 25.5 Å². The highest BCUT2D eigenvalue weighted by Gasteiger charge is 2.45. The minimum Gasteiger partial charge on any atom is -0.385 e. The average molecular weight is 310 g/mol. The third-order valence-electron chi connectivity index (χ3n) is 4.64. The molecular formula is C19H22N2O2. The summed E-state index contributed by atoms with van der Waals surface area (Å²) in [5, 5.41) is 13.7. The van der Waals surface area contributed by atoms with E-state index in [9.17, 15) is 9.90 Å². The fourth-order valence-corrected chi connectivity index (χ4v) is 3.04. The minimum atomic E-state index is -1.18. The van der Waals surface area contributed by atoms with Crippen LogP contribution in [0, 0.1) is 5.92 Å². The summed E-state index contributed by atoms with van der Waals surface area (Å²) in [6.45, 7) is 2.24. The van der Waals surface area contributed by atoms with Crippen LogP contribution in [0.1, 0.15) is 12.5 Å². The lowest BCUT2D eigenvalue weighted by Gasteiger charge is -2.39. The lowest BCUT2D eigenvalue weighted by atomic mass is 9.76. The molecule has 1 saturated heterocycles. The first kappa shape index (κ1) is 15.6. The molecule has 0 aliphatic carbocycles. The Kier molecular flexibility index (Phi) is 3.86. The first-order chi connectivity index (χ1) is 10.9. The SMILES string of the molecule is CN(C)c1ccc(-c2ccccc2C(C)(O)C2CNC2=O)cc1. The molecule has 2 N–H and O–H groups in total. The highest BCUT2D eigenvalue weighted by atomic mass is 16.3. The highest BCUT2D eigenvalue weighted by molar-refractivity contribution is 5.86. The molecule has 1 aliphatic rings. The van der Waals surface area contributed by atoms with E-state index >= 15 is 0 Å². The van der Waals surface area contributed by atoms with Crippen molar-refractivity contribution in [3.05, 3.63) is 54.1 Å². The Bertz CT molecular complexity index is 720. The number of nitrogens with one attached hydrogen (secondary N) is 1. The summed E-state index contributed by atoms with van der Waals surface area (Å²) < 4.78 is 0. The number of aliphatic hydroxyl groups is 1. The Morgan fingerprint density at radius 3 is 2.30 bits per heavy atom. The van der Waals surface area contributed by atoms with Crippen LogP contribution in [0.25, 0.3) is 11.1 Å². The Morgan fingerprint density at radius 1 is 1.13 bits per heavy atom. The van der Waals surface area contributed by atoms with Gasteiger partial charge in [0, 0.05) is 26.3 Å². The number of anilines is 1. The van der Waals surface area contributed by atoms with Crippen molar-refractivity contribution in [3.63, 3.8) is 0 Å². The number of amides is 1. The Hall–Kier alpha value is -2.33. The van der Waals surface area contributed by atoms with Gasteiger partial charge in [-0.05, 0) is 35.7 Å². The molecule has 0 bridgehead atoms. The quantitative estimate of drug-likeness (QED) is 0.853. The lowest BCUT2D eigenvalue weighted by molar-refractivity contribution is -0.143. The standard InChI is InChI=1S/C19H22N2O2/c1-19(23,17-12-20-18(17)22)16-7-5-4-6-15(16)13-8-10-14(11-9-13)21(2)3/h4-11,17,23H,12H2,1-3H3,(H,20,22). The van der Waals surface area contributed by atoms with Crippen LogP contribution in [-0.2, 0) is 10.4 Å². The molecule has 1 aliphatic heterocycles. The monoisotopic (exact) mass is 310 g/mol. The molecule has 4 heteroatoms. The zero-order valence-corrected chi connectivity index (χ0v) is 13.7. The van der Waals surface area contributed by atoms with E-state index in [0.29, 0.717) is 6.54 Å². The summed E-state index contributed by atoms with van der Waals surface area (Å²) >= 11 is 0. The molecule has 2 aromatic rings. The topological polar surface area (TPSA) is 52.6 Å². The molecular weight excluding hydrogens is 288 g/mol. The smallest absolute Gasteiger partial charge is 0.228 e. The van der Waals surface area contributed by atoms with Crippen molar-refractivity contribution >= 4 is 11.6 Å². The summed E-state index contributed by atoms with van der Waals surface area (Å²) in [6.07, 6.45) is 0. The number of hydrogen-bond donors (Lipinski definition) is 2. The maximum atomic E-state index is 11.7. The van der Waals surface area contributed by atoms with Crippen LogP contribution in [0.15, 0.2) is 48.5 Å². The lowest BCUT2D eigenvalue weighted by Crippen LogP contribution is -2.57. The predicted octanol–water partition coefficient (Wildman–Crippen LogP) is 2.37. The summed E-state index contributed by atoms with van der Waals surface area (Å²) in [7, 11) is 4.01. The van der Waals surface area contributed by atoms with Gasteiger partial charge in [0.1, 0.15) is 5.60 Å². The first-order valence-corrected chi connectivity index (χ1v) is 7.78. The molecule has 3 rings (SSSR count). The zero-order chi connectivity index (χ0) is 16.6. The van der Waals surface area contributed by atoms with Gasteiger partial charge >= 0.3 is 0 Å². The summed E-state index contributed by atoms with van der Waals surface area (Å²) in [5.41, 5.74) is 2.72. The van der Waals surface area contributed by atoms with Crippen LogP contribution in [0.5, 0.6) is 0 Å². The molecule has 4 nitrogen and oxygen atoms in total. The minimum absolute atomic E-state index is 0.0900. The molecule has 1 amide bonds. The molecule has 0 saturated carbocycles. The van der Waals surface area contributed by atoms with Gasteiger partial charge in [0.25, 0.3) is 0 Å². The number of carbonyl (C=O) groups excluding carboxylic acids is 1. The maximum absolute atomic E-state index is 11.7. The van der Waals surface area contributed by atoms with E-state index < -0.39 is 11.5 Å². The molecule has 2 unspecified atom stereocenters. The third-order valence-corrected chi connectivity index (χ3v) is 4.64. The summed E-state index contributed by atoms with van der Waals surface area (Å²) in [6, 6.07) is 15.9. The van der Waals surface area contributed by atoms with Crippen LogP contribution in [0.4, 0.5) is 5.69 Å². The molecule has 23 heavy (non-hydrogen) atoms. The van der Waals surface area contributed by atoms with E-state index in [1.54, 1.807) is 6.92 Å². The maximum Gasteiger partial charge on any atom is 0.228 e. The van der Waals surface area contributed by atoms with Gasteiger partial charge < -0.3 is 15.3 Å². The molecule has 2 aromatic carbocycles. The normalized spacial score (nSPS) is 19.5. The van der Waals surface area contributed by atoms with Crippen molar-refractivity contribution in [1.82, 2.24) is 5.32 Å². The Labute approximate surface area is 136 Å². The van der Waals surface area contributed by atoms with Gasteiger partial charge in [0.15, 0.2) is 0 Å². The average Bonchev–Trinajstić information content (AvgIpc) is 2.53. The molecule has 1 heterocycles. The molecule has 0 aromatic heterocycles. The molecule has 2 atom stereocenters. The van der Waals surface area contributed by atoms with Gasteiger partial charge in [-0.2, -0.15) is 0 Å². The second-order valence-corrected chi connectivity index (χ2v) is 6.43. The van der Waals surface area contributed by atoms with Crippen molar-refractivity contribution in [2.24, 2.45) is 5.92 Å². The van der Waals surface area contributed by atoms with Crippen LogP contribution >= 0.6 is 0 Å². The van der Waals surface area contributed by atoms with Crippen LogP contribution in [0.2, 0.25) is 0 Å². The second kappa shape index (κ2) is 5.70. The fourth-order valence-electron chi connectivity index (χ4n) is 3.04. The van der Waals surface area contributed by atoms with E-state index in [1.165, 1.54) is 0 Å². The van der Waals surface area contributed by atoms with E-state index in [1.807, 2.05) is 55.4 Å². The van der Waals surface area contributed by atoms with Gasteiger partial charge in [0.2, 0.25) is 5.91 Å². The van der Waals surface area contributed by atoms with E-state index in [-0.39, 0.29) is 5.91 Å². The van der Waals surface area contributed by atoms with Crippen molar-refractivity contribution in [2.45, 2.75) is 12.5 Å². The van der Waals surface area contributed by atoms with Gasteiger partial charge in [-0.1, -0.05) is 36.4 Å². The highest BCUT2D eigenvalue weighted by Crippen LogP contribution is 2.38. The Balaban J connectivity index is 2.02. The van der Waals surface area contributed by atoms with Crippen molar-refractivity contribution in [3.8, 4) is 11.1 Å². The number of nitrogens with zero attached hydrogens (tertiary/aromatic N) is 1. The van der Waals surface area contributed by atoms with Gasteiger partial charge in [-0.25, -0.2) is 0 Å². The summed E-state index contributed by atoms with van der Waals surface area (Å²) in [5.74, 6) is -0.488. The number of β-lactam (4-membered cyclic amide) rings is 1. The number of carbonyl (C=O) groups is 1. The number of benzene rings is 2. The molecule has 0 radical (unpaired) electrons. The zero-order valence-electron chi connectivity index (χ0n) is 13.7. The third kappa shape index (κ3) is 2.70. The number of rotatable bonds is 4. The van der Waals surface area contributed by atoms with Crippen LogP contribution in [0.3, 0.4) is 0 Å². The van der Waals surface area contributed by atoms with Crippen molar-refractivity contribution in [1.29, 1.82) is 0 Å².